The van der Waals surface area contributed by atoms with Crippen molar-refractivity contribution in [2.75, 3.05) is 13.1 Å². The Morgan fingerprint density at radius 2 is 2.21 bits per heavy atom. The van der Waals surface area contributed by atoms with Gasteiger partial charge >= 0.3 is 0 Å². The molecular formula is C12H18N2O3S2. The normalized spacial score (nSPS) is 16.1. The first-order valence-electron chi connectivity index (χ1n) is 6.32. The maximum atomic E-state index is 12.3. The molecule has 0 spiro atoms. The van der Waals surface area contributed by atoms with Crippen molar-refractivity contribution in [3.05, 3.63) is 17.0 Å². The van der Waals surface area contributed by atoms with Crippen LogP contribution in [0, 0.1) is 5.92 Å². The van der Waals surface area contributed by atoms with E-state index in [0.717, 1.165) is 17.9 Å². The number of rotatable bonds is 5. The van der Waals surface area contributed by atoms with Crippen molar-refractivity contribution in [1.29, 1.82) is 0 Å². The van der Waals surface area contributed by atoms with Gasteiger partial charge in [-0.15, -0.1) is 11.3 Å². The Morgan fingerprint density at radius 1 is 1.53 bits per heavy atom. The highest BCUT2D eigenvalue weighted by molar-refractivity contribution is 7.91. The number of primary sulfonamides is 1. The summed E-state index contributed by atoms with van der Waals surface area (Å²) in [4.78, 5) is 14.1. The number of hydrogen-bond donors (Lipinski definition) is 1. The lowest BCUT2D eigenvalue weighted by Gasteiger charge is -2.31. The van der Waals surface area contributed by atoms with E-state index in [2.05, 4.69) is 0 Å². The molecule has 2 N–H and O–H groups in total. The largest absolute Gasteiger partial charge is 0.339 e. The summed E-state index contributed by atoms with van der Waals surface area (Å²) in [7, 11) is -3.72. The molecule has 1 aromatic rings. The van der Waals surface area contributed by atoms with E-state index in [4.69, 9.17) is 5.14 Å². The predicted molar refractivity (Wildman–Crippen MR) is 74.6 cm³/mol. The van der Waals surface area contributed by atoms with E-state index in [-0.39, 0.29) is 10.1 Å². The zero-order valence-corrected chi connectivity index (χ0v) is 12.5. The maximum absolute atomic E-state index is 12.3. The topological polar surface area (TPSA) is 80.5 Å². The summed E-state index contributed by atoms with van der Waals surface area (Å²) in [6.45, 7) is 3.33. The second-order valence-corrected chi connectivity index (χ2v) is 7.54. The van der Waals surface area contributed by atoms with Gasteiger partial charge in [0.25, 0.3) is 5.91 Å². The highest BCUT2D eigenvalue weighted by Crippen LogP contribution is 2.28. The number of amides is 1. The molecular weight excluding hydrogens is 284 g/mol. The van der Waals surface area contributed by atoms with Crippen LogP contribution in [-0.2, 0) is 10.0 Å². The molecule has 1 aromatic heterocycles. The fourth-order valence-corrected chi connectivity index (χ4v) is 3.68. The van der Waals surface area contributed by atoms with Crippen LogP contribution in [0.1, 0.15) is 36.5 Å². The zero-order chi connectivity index (χ0) is 14.0. The second kappa shape index (κ2) is 5.60. The lowest BCUT2D eigenvalue weighted by molar-refractivity contribution is 0.0707. The molecule has 2 rings (SSSR count). The highest BCUT2D eigenvalue weighted by Gasteiger charge is 2.24. The van der Waals surface area contributed by atoms with E-state index in [9.17, 15) is 13.2 Å². The second-order valence-electron chi connectivity index (χ2n) is 4.84. The minimum Gasteiger partial charge on any atom is -0.339 e. The van der Waals surface area contributed by atoms with Gasteiger partial charge in [0.1, 0.15) is 4.21 Å². The summed E-state index contributed by atoms with van der Waals surface area (Å²) < 4.78 is 22.4. The molecule has 0 atom stereocenters. The van der Waals surface area contributed by atoms with E-state index in [1.807, 2.05) is 6.92 Å². The minimum atomic E-state index is -3.72. The van der Waals surface area contributed by atoms with Gasteiger partial charge in [0.05, 0.1) is 5.56 Å². The Balaban J connectivity index is 2.10. The highest BCUT2D eigenvalue weighted by atomic mass is 32.2. The summed E-state index contributed by atoms with van der Waals surface area (Å²) in [5.41, 5.74) is 0.412. The van der Waals surface area contributed by atoms with Gasteiger partial charge in [0.15, 0.2) is 0 Å². The number of hydrogen-bond acceptors (Lipinski definition) is 4. The van der Waals surface area contributed by atoms with Crippen LogP contribution in [0.4, 0.5) is 0 Å². The Hall–Kier alpha value is -0.920. The number of carbonyl (C=O) groups is 1. The average Bonchev–Trinajstić information content (AvgIpc) is 2.76. The van der Waals surface area contributed by atoms with Crippen LogP contribution in [0.25, 0.3) is 0 Å². The zero-order valence-electron chi connectivity index (χ0n) is 10.8. The number of thiophene rings is 1. The summed E-state index contributed by atoms with van der Waals surface area (Å²) in [5.74, 6) is 0.487. The van der Waals surface area contributed by atoms with Gasteiger partial charge in [0.2, 0.25) is 10.0 Å². The molecule has 106 valence electrons. The van der Waals surface area contributed by atoms with E-state index < -0.39 is 10.0 Å². The molecule has 1 saturated carbocycles. The van der Waals surface area contributed by atoms with Crippen LogP contribution in [0.15, 0.2) is 15.7 Å². The molecule has 1 aliphatic rings. The number of nitrogens with two attached hydrogens (primary N) is 1. The molecule has 1 fully saturated rings. The number of sulfonamides is 1. The van der Waals surface area contributed by atoms with Crippen LogP contribution in [0.5, 0.6) is 0 Å². The quantitative estimate of drug-likeness (QED) is 0.898. The Bertz CT molecular complexity index is 561. The third-order valence-electron chi connectivity index (χ3n) is 3.48. The lowest BCUT2D eigenvalue weighted by Crippen LogP contribution is -2.37. The summed E-state index contributed by atoms with van der Waals surface area (Å²) in [6, 6.07) is 1.37. The monoisotopic (exact) mass is 302 g/mol. The van der Waals surface area contributed by atoms with Gasteiger partial charge in [-0.2, -0.15) is 0 Å². The SMILES string of the molecule is CCN(CC1CCC1)C(=O)c1csc(S(N)(=O)=O)c1. The Labute approximate surface area is 117 Å². The first kappa shape index (κ1) is 14.5. The molecule has 5 nitrogen and oxygen atoms in total. The fourth-order valence-electron chi connectivity index (χ4n) is 2.10. The molecule has 0 aliphatic heterocycles. The average molecular weight is 302 g/mol. The van der Waals surface area contributed by atoms with Gasteiger partial charge in [-0.3, -0.25) is 4.79 Å². The summed E-state index contributed by atoms with van der Waals surface area (Å²) in [6.07, 6.45) is 3.59. The minimum absolute atomic E-state index is 0.0375. The molecule has 1 amide bonds. The molecule has 1 heterocycles. The van der Waals surface area contributed by atoms with Crippen molar-refractivity contribution in [3.8, 4) is 0 Å². The Kier molecular flexibility index (Phi) is 4.27. The molecule has 19 heavy (non-hydrogen) atoms. The van der Waals surface area contributed by atoms with E-state index >= 15 is 0 Å². The molecule has 0 aromatic carbocycles. The van der Waals surface area contributed by atoms with Crippen molar-refractivity contribution in [2.45, 2.75) is 30.4 Å². The van der Waals surface area contributed by atoms with E-state index in [1.54, 1.807) is 10.3 Å². The molecule has 1 aliphatic carbocycles. The van der Waals surface area contributed by atoms with Crippen LogP contribution in [0.3, 0.4) is 0 Å². The van der Waals surface area contributed by atoms with Gasteiger partial charge in [-0.1, -0.05) is 6.42 Å². The van der Waals surface area contributed by atoms with Crippen LogP contribution >= 0.6 is 11.3 Å². The molecule has 0 bridgehead atoms. The molecule has 7 heteroatoms. The Morgan fingerprint density at radius 3 is 2.63 bits per heavy atom. The van der Waals surface area contributed by atoms with Crippen molar-refractivity contribution < 1.29 is 13.2 Å². The van der Waals surface area contributed by atoms with Crippen molar-refractivity contribution in [1.82, 2.24) is 4.90 Å². The predicted octanol–water partition coefficient (Wildman–Crippen LogP) is 1.66. The summed E-state index contributed by atoms with van der Waals surface area (Å²) >= 11 is 0.991. The van der Waals surface area contributed by atoms with E-state index in [1.165, 1.54) is 25.3 Å². The van der Waals surface area contributed by atoms with Crippen LogP contribution in [0.2, 0.25) is 0 Å². The maximum Gasteiger partial charge on any atom is 0.254 e. The smallest absolute Gasteiger partial charge is 0.254 e. The van der Waals surface area contributed by atoms with Gasteiger partial charge in [-0.25, -0.2) is 13.6 Å². The van der Waals surface area contributed by atoms with Gasteiger partial charge in [0, 0.05) is 18.5 Å². The number of nitrogens with zero attached hydrogens (tertiary/aromatic N) is 1. The third-order valence-corrected chi connectivity index (χ3v) is 5.86. The van der Waals surface area contributed by atoms with Crippen molar-refractivity contribution in [3.63, 3.8) is 0 Å². The first-order chi connectivity index (χ1) is 8.91. The fraction of sp³-hybridized carbons (Fsp3) is 0.583. The lowest BCUT2D eigenvalue weighted by atomic mass is 9.85. The summed E-state index contributed by atoms with van der Waals surface area (Å²) in [5, 5.41) is 6.61. The van der Waals surface area contributed by atoms with Crippen LogP contribution in [-0.4, -0.2) is 32.3 Å². The van der Waals surface area contributed by atoms with Gasteiger partial charge in [-0.05, 0) is 31.7 Å². The number of carbonyl (C=O) groups excluding carboxylic acids is 1. The van der Waals surface area contributed by atoms with Crippen LogP contribution < -0.4 is 5.14 Å². The van der Waals surface area contributed by atoms with E-state index in [0.29, 0.717) is 18.0 Å². The van der Waals surface area contributed by atoms with Gasteiger partial charge < -0.3 is 4.90 Å². The molecule has 0 radical (unpaired) electrons. The van der Waals surface area contributed by atoms with Crippen molar-refractivity contribution >= 4 is 27.3 Å². The molecule has 0 saturated heterocycles. The van der Waals surface area contributed by atoms with Crippen molar-refractivity contribution in [2.24, 2.45) is 11.1 Å². The third kappa shape index (κ3) is 3.34. The first-order valence-corrected chi connectivity index (χ1v) is 8.75. The standard InChI is InChI=1S/C12H18N2O3S2/c1-2-14(7-9-4-3-5-9)12(15)10-6-11(18-8-10)19(13,16)17/h6,8-9H,2-5,7H2,1H3,(H2,13,16,17). The molecule has 0 unspecified atom stereocenters.